The maximum Gasteiger partial charge on any atom is 0.222 e. The minimum absolute atomic E-state index is 0.295. The standard InChI is InChI=1S/C17H29N3O/c1-6-15-19-16(18-7-2)13(5)17(20-15)21-14-9-8-11(3)12(4)10-14/h11-12,14H,6-10H2,1-5H3,(H,18,19,20). The van der Waals surface area contributed by atoms with Crippen LogP contribution >= 0.6 is 0 Å². The lowest BCUT2D eigenvalue weighted by atomic mass is 9.80. The molecule has 118 valence electrons. The molecule has 1 N–H and O–H groups in total. The van der Waals surface area contributed by atoms with Gasteiger partial charge >= 0.3 is 0 Å². The van der Waals surface area contributed by atoms with Gasteiger partial charge in [-0.3, -0.25) is 0 Å². The summed E-state index contributed by atoms with van der Waals surface area (Å²) in [4.78, 5) is 9.16. The van der Waals surface area contributed by atoms with Gasteiger partial charge < -0.3 is 10.1 Å². The average molecular weight is 291 g/mol. The average Bonchev–Trinajstić information content (AvgIpc) is 2.47. The summed E-state index contributed by atoms with van der Waals surface area (Å²) in [5.41, 5.74) is 1.03. The highest BCUT2D eigenvalue weighted by molar-refractivity contribution is 5.48. The molecule has 4 heteroatoms. The molecule has 1 aromatic rings. The Morgan fingerprint density at radius 2 is 1.90 bits per heavy atom. The quantitative estimate of drug-likeness (QED) is 0.891. The van der Waals surface area contributed by atoms with E-state index in [1.807, 2.05) is 6.92 Å². The van der Waals surface area contributed by atoms with Crippen LogP contribution in [0, 0.1) is 18.8 Å². The second-order valence-corrected chi connectivity index (χ2v) is 6.31. The summed E-state index contributed by atoms with van der Waals surface area (Å²) in [7, 11) is 0. The normalized spacial score (nSPS) is 25.7. The van der Waals surface area contributed by atoms with Crippen LogP contribution in [-0.2, 0) is 6.42 Å². The Morgan fingerprint density at radius 3 is 2.52 bits per heavy atom. The van der Waals surface area contributed by atoms with Crippen LogP contribution in [0.15, 0.2) is 0 Å². The van der Waals surface area contributed by atoms with E-state index >= 15 is 0 Å². The van der Waals surface area contributed by atoms with Gasteiger partial charge in [0.15, 0.2) is 0 Å². The van der Waals surface area contributed by atoms with E-state index in [0.29, 0.717) is 6.10 Å². The van der Waals surface area contributed by atoms with Crippen LogP contribution in [0.1, 0.15) is 58.3 Å². The molecule has 2 rings (SSSR count). The molecule has 21 heavy (non-hydrogen) atoms. The molecule has 1 heterocycles. The third-order valence-corrected chi connectivity index (χ3v) is 4.64. The number of ether oxygens (including phenoxy) is 1. The number of nitrogens with zero attached hydrogens (tertiary/aromatic N) is 2. The molecular weight excluding hydrogens is 262 g/mol. The lowest BCUT2D eigenvalue weighted by Crippen LogP contribution is -2.29. The summed E-state index contributed by atoms with van der Waals surface area (Å²) in [5.74, 6) is 4.06. The highest BCUT2D eigenvalue weighted by Gasteiger charge is 2.27. The van der Waals surface area contributed by atoms with Gasteiger partial charge in [0.2, 0.25) is 5.88 Å². The molecule has 1 aliphatic carbocycles. The first-order chi connectivity index (χ1) is 10.0. The fraction of sp³-hybridized carbons (Fsp3) is 0.765. The van der Waals surface area contributed by atoms with Gasteiger partial charge in [-0.05, 0) is 44.9 Å². The van der Waals surface area contributed by atoms with Gasteiger partial charge in [0.25, 0.3) is 0 Å². The number of nitrogens with one attached hydrogen (secondary N) is 1. The Kier molecular flexibility index (Phi) is 5.43. The van der Waals surface area contributed by atoms with Crippen LogP contribution in [0.25, 0.3) is 0 Å². The highest BCUT2D eigenvalue weighted by atomic mass is 16.5. The van der Waals surface area contributed by atoms with Crippen LogP contribution < -0.4 is 10.1 Å². The van der Waals surface area contributed by atoms with Crippen LogP contribution in [0.2, 0.25) is 0 Å². The molecule has 0 amide bonds. The lowest BCUT2D eigenvalue weighted by molar-refractivity contribution is 0.0954. The minimum Gasteiger partial charge on any atom is -0.474 e. The summed E-state index contributed by atoms with van der Waals surface area (Å²) >= 11 is 0. The summed E-state index contributed by atoms with van der Waals surface area (Å²) in [5, 5.41) is 3.31. The summed E-state index contributed by atoms with van der Waals surface area (Å²) in [6.07, 6.45) is 4.63. The van der Waals surface area contributed by atoms with Crippen molar-refractivity contribution in [3.05, 3.63) is 11.4 Å². The number of rotatable bonds is 5. The molecule has 0 saturated heterocycles. The SMILES string of the molecule is CCNc1nc(CC)nc(OC2CCC(C)C(C)C2)c1C. The number of anilines is 1. The van der Waals surface area contributed by atoms with Gasteiger partial charge in [-0.2, -0.15) is 4.98 Å². The van der Waals surface area contributed by atoms with E-state index in [0.717, 1.165) is 60.7 Å². The van der Waals surface area contributed by atoms with Gasteiger partial charge in [-0.15, -0.1) is 0 Å². The van der Waals surface area contributed by atoms with Crippen molar-refractivity contribution >= 4 is 5.82 Å². The molecule has 1 saturated carbocycles. The van der Waals surface area contributed by atoms with Crippen LogP contribution in [0.5, 0.6) is 5.88 Å². The first kappa shape index (κ1) is 16.1. The summed E-state index contributed by atoms with van der Waals surface area (Å²) < 4.78 is 6.24. The maximum atomic E-state index is 6.24. The summed E-state index contributed by atoms with van der Waals surface area (Å²) in [6.45, 7) is 11.7. The maximum absolute atomic E-state index is 6.24. The zero-order chi connectivity index (χ0) is 15.4. The molecule has 1 aromatic heterocycles. The fourth-order valence-electron chi connectivity index (χ4n) is 2.92. The van der Waals surface area contributed by atoms with Crippen LogP contribution in [-0.4, -0.2) is 22.6 Å². The van der Waals surface area contributed by atoms with Crippen molar-refractivity contribution < 1.29 is 4.74 Å². The zero-order valence-corrected chi connectivity index (χ0v) is 14.1. The Labute approximate surface area is 128 Å². The molecule has 0 aromatic carbocycles. The van der Waals surface area contributed by atoms with E-state index in [4.69, 9.17) is 4.74 Å². The molecule has 0 bridgehead atoms. The van der Waals surface area contributed by atoms with Crippen LogP contribution in [0.4, 0.5) is 5.82 Å². The minimum atomic E-state index is 0.295. The third-order valence-electron chi connectivity index (χ3n) is 4.64. The Morgan fingerprint density at radius 1 is 1.14 bits per heavy atom. The topological polar surface area (TPSA) is 47.0 Å². The molecule has 0 aliphatic heterocycles. The molecular formula is C17H29N3O. The third kappa shape index (κ3) is 3.86. The predicted octanol–water partition coefficient (Wildman–Crippen LogP) is 3.98. The second kappa shape index (κ2) is 7.10. The number of hydrogen-bond donors (Lipinski definition) is 1. The number of aromatic nitrogens is 2. The predicted molar refractivity (Wildman–Crippen MR) is 86.9 cm³/mol. The molecule has 3 atom stereocenters. The van der Waals surface area contributed by atoms with Crippen molar-refractivity contribution in [2.45, 2.75) is 66.4 Å². The lowest BCUT2D eigenvalue weighted by Gasteiger charge is -2.32. The Hall–Kier alpha value is -1.32. The number of aryl methyl sites for hydroxylation is 1. The van der Waals surface area contributed by atoms with Crippen molar-refractivity contribution in [1.29, 1.82) is 0 Å². The molecule has 0 spiro atoms. The smallest absolute Gasteiger partial charge is 0.222 e. The van der Waals surface area contributed by atoms with Gasteiger partial charge in [0.05, 0.1) is 5.56 Å². The van der Waals surface area contributed by atoms with Crippen molar-refractivity contribution in [3.63, 3.8) is 0 Å². The molecule has 3 unspecified atom stereocenters. The first-order valence-corrected chi connectivity index (χ1v) is 8.33. The van der Waals surface area contributed by atoms with Gasteiger partial charge in [0.1, 0.15) is 17.7 Å². The van der Waals surface area contributed by atoms with Gasteiger partial charge in [-0.25, -0.2) is 4.98 Å². The molecule has 0 radical (unpaired) electrons. The van der Waals surface area contributed by atoms with Crippen molar-refractivity contribution in [1.82, 2.24) is 9.97 Å². The van der Waals surface area contributed by atoms with E-state index in [2.05, 4.69) is 43.0 Å². The monoisotopic (exact) mass is 291 g/mol. The van der Waals surface area contributed by atoms with Crippen molar-refractivity contribution in [2.24, 2.45) is 11.8 Å². The molecule has 4 nitrogen and oxygen atoms in total. The van der Waals surface area contributed by atoms with Gasteiger partial charge in [0, 0.05) is 13.0 Å². The van der Waals surface area contributed by atoms with E-state index in [1.165, 1.54) is 6.42 Å². The summed E-state index contributed by atoms with van der Waals surface area (Å²) in [6, 6.07) is 0. The highest BCUT2D eigenvalue weighted by Crippen LogP contribution is 2.33. The Balaban J connectivity index is 2.16. The first-order valence-electron chi connectivity index (χ1n) is 8.33. The number of hydrogen-bond acceptors (Lipinski definition) is 4. The molecule has 1 aliphatic rings. The Bertz CT molecular complexity index is 475. The fourth-order valence-corrected chi connectivity index (χ4v) is 2.92. The van der Waals surface area contributed by atoms with E-state index < -0.39 is 0 Å². The van der Waals surface area contributed by atoms with Crippen molar-refractivity contribution in [3.8, 4) is 5.88 Å². The van der Waals surface area contributed by atoms with E-state index in [1.54, 1.807) is 0 Å². The van der Waals surface area contributed by atoms with E-state index in [-0.39, 0.29) is 0 Å². The molecule has 1 fully saturated rings. The van der Waals surface area contributed by atoms with Gasteiger partial charge in [-0.1, -0.05) is 20.8 Å². The zero-order valence-electron chi connectivity index (χ0n) is 14.1. The van der Waals surface area contributed by atoms with E-state index in [9.17, 15) is 0 Å². The largest absolute Gasteiger partial charge is 0.474 e. The second-order valence-electron chi connectivity index (χ2n) is 6.31. The van der Waals surface area contributed by atoms with Crippen LogP contribution in [0.3, 0.4) is 0 Å². The van der Waals surface area contributed by atoms with Crippen molar-refractivity contribution in [2.75, 3.05) is 11.9 Å².